The largest absolute Gasteiger partial charge is 0.456 e. The molecule has 1 aromatic heterocycles. The molecule has 0 saturated heterocycles. The summed E-state index contributed by atoms with van der Waals surface area (Å²) in [5.41, 5.74) is 18.9. The van der Waals surface area contributed by atoms with Crippen molar-refractivity contribution < 1.29 is 4.42 Å². The topological polar surface area (TPSA) is 16.4 Å². The molecule has 0 unspecified atom stereocenters. The Morgan fingerprint density at radius 1 is 0.540 bits per heavy atom. The van der Waals surface area contributed by atoms with Gasteiger partial charge in [0.2, 0.25) is 0 Å². The third-order valence-corrected chi connectivity index (χ3v) is 11.8. The molecule has 0 fully saturated rings. The minimum atomic E-state index is -0.140. The number of aryl methyl sites for hydroxylation is 1. The summed E-state index contributed by atoms with van der Waals surface area (Å²) in [7, 11) is 0. The van der Waals surface area contributed by atoms with Gasteiger partial charge >= 0.3 is 0 Å². The van der Waals surface area contributed by atoms with E-state index in [1.54, 1.807) is 0 Å². The highest BCUT2D eigenvalue weighted by atomic mass is 16.3. The number of hydrogen-bond donors (Lipinski definition) is 0. The van der Waals surface area contributed by atoms with Crippen LogP contribution in [0.15, 0.2) is 138 Å². The predicted molar refractivity (Wildman–Crippen MR) is 209 cm³/mol. The highest BCUT2D eigenvalue weighted by molar-refractivity contribution is 5.92. The lowest BCUT2D eigenvalue weighted by Gasteiger charge is -2.43. The van der Waals surface area contributed by atoms with Gasteiger partial charge in [0, 0.05) is 27.5 Å². The minimum absolute atomic E-state index is 0.0647. The average molecular weight is 646 g/mol. The molecule has 6 aromatic carbocycles. The molecule has 0 bridgehead atoms. The molecule has 1 aliphatic heterocycles. The van der Waals surface area contributed by atoms with Crippen LogP contribution in [0.2, 0.25) is 0 Å². The SMILES string of the molecule is CC1(C)c2ccccc2-c2cc3c(cc21)N(c1ccc(-c2ccc(-c4ccc5oc6c(c5c4)CCC=C6)cc2)cc1)c1ccccc1C3(C)C. The maximum absolute atomic E-state index is 6.11. The number of fused-ring (bicyclic) bond motifs is 8. The summed E-state index contributed by atoms with van der Waals surface area (Å²) >= 11 is 0. The first-order valence-electron chi connectivity index (χ1n) is 17.9. The molecule has 0 radical (unpaired) electrons. The Morgan fingerprint density at radius 2 is 1.18 bits per heavy atom. The molecule has 10 rings (SSSR count). The summed E-state index contributed by atoms with van der Waals surface area (Å²) in [6, 6.07) is 47.6. The van der Waals surface area contributed by atoms with E-state index in [0.717, 1.165) is 24.2 Å². The van der Waals surface area contributed by atoms with E-state index in [1.807, 2.05) is 0 Å². The number of para-hydroxylation sites is 1. The van der Waals surface area contributed by atoms with Gasteiger partial charge in [0.15, 0.2) is 0 Å². The molecule has 0 spiro atoms. The van der Waals surface area contributed by atoms with Gasteiger partial charge in [0.25, 0.3) is 0 Å². The van der Waals surface area contributed by atoms with Crippen molar-refractivity contribution in [2.45, 2.75) is 51.4 Å². The lowest BCUT2D eigenvalue weighted by Crippen LogP contribution is -2.31. The van der Waals surface area contributed by atoms with Crippen LogP contribution in [0.3, 0.4) is 0 Å². The van der Waals surface area contributed by atoms with Crippen molar-refractivity contribution >= 4 is 34.1 Å². The quantitative estimate of drug-likeness (QED) is 0.190. The zero-order valence-electron chi connectivity index (χ0n) is 29.0. The van der Waals surface area contributed by atoms with E-state index >= 15 is 0 Å². The normalized spacial score (nSPS) is 16.0. The van der Waals surface area contributed by atoms with Gasteiger partial charge in [0.1, 0.15) is 11.3 Å². The second-order valence-corrected chi connectivity index (χ2v) is 15.3. The maximum atomic E-state index is 6.11. The second-order valence-electron chi connectivity index (χ2n) is 15.3. The standard InChI is InChI=1S/C48H39NO/c1-47(2)39-13-7-5-11-35(39)37-28-42-44(29-41(37)47)49(43-15-9-8-14-40(43)48(42,3)4)34-24-21-31(22-25-34)30-17-19-32(20-18-30)33-23-26-46-38(27-33)36-12-6-10-16-45(36)50-46/h5,7-11,13-29H,6,12H2,1-4H3. The van der Waals surface area contributed by atoms with Gasteiger partial charge in [-0.1, -0.05) is 119 Å². The van der Waals surface area contributed by atoms with Gasteiger partial charge in [-0.15, -0.1) is 0 Å². The Balaban J connectivity index is 1.02. The van der Waals surface area contributed by atoms with Crippen LogP contribution in [0.5, 0.6) is 0 Å². The molecule has 0 saturated carbocycles. The van der Waals surface area contributed by atoms with Crippen molar-refractivity contribution in [2.24, 2.45) is 0 Å². The van der Waals surface area contributed by atoms with E-state index in [-0.39, 0.29) is 10.8 Å². The van der Waals surface area contributed by atoms with Crippen LogP contribution < -0.4 is 4.90 Å². The molecule has 2 heterocycles. The van der Waals surface area contributed by atoms with E-state index in [4.69, 9.17) is 4.42 Å². The molecule has 3 aliphatic rings. The van der Waals surface area contributed by atoms with Crippen molar-refractivity contribution in [2.75, 3.05) is 4.90 Å². The Morgan fingerprint density at radius 3 is 1.96 bits per heavy atom. The molecule has 0 N–H and O–H groups in total. The molecular weight excluding hydrogens is 607 g/mol. The van der Waals surface area contributed by atoms with E-state index in [0.29, 0.717) is 0 Å². The number of nitrogens with zero attached hydrogens (tertiary/aromatic N) is 1. The van der Waals surface area contributed by atoms with Crippen LogP contribution >= 0.6 is 0 Å². The van der Waals surface area contributed by atoms with Crippen molar-refractivity contribution in [1.29, 1.82) is 0 Å². The third kappa shape index (κ3) is 4.15. The maximum Gasteiger partial charge on any atom is 0.135 e. The van der Waals surface area contributed by atoms with Gasteiger partial charge in [-0.3, -0.25) is 0 Å². The van der Waals surface area contributed by atoms with Gasteiger partial charge in [-0.2, -0.15) is 0 Å². The van der Waals surface area contributed by atoms with Crippen molar-refractivity contribution in [3.05, 3.63) is 167 Å². The predicted octanol–water partition coefficient (Wildman–Crippen LogP) is 13.1. The van der Waals surface area contributed by atoms with E-state index in [1.165, 1.54) is 83.6 Å². The van der Waals surface area contributed by atoms with E-state index in [2.05, 4.69) is 172 Å². The molecule has 2 heteroatoms. The first kappa shape index (κ1) is 29.3. The fourth-order valence-electron chi connectivity index (χ4n) is 8.99. The highest BCUT2D eigenvalue weighted by Crippen LogP contribution is 2.57. The molecule has 0 amide bonds. The second kappa shape index (κ2) is 10.5. The van der Waals surface area contributed by atoms with Crippen LogP contribution in [0.1, 0.15) is 67.7 Å². The van der Waals surface area contributed by atoms with Gasteiger partial charge in [0.05, 0.1) is 11.4 Å². The minimum Gasteiger partial charge on any atom is -0.456 e. The van der Waals surface area contributed by atoms with E-state index in [9.17, 15) is 0 Å². The van der Waals surface area contributed by atoms with Gasteiger partial charge in [-0.25, -0.2) is 0 Å². The van der Waals surface area contributed by atoms with Crippen molar-refractivity contribution in [1.82, 2.24) is 0 Å². The third-order valence-electron chi connectivity index (χ3n) is 11.8. The Kier molecular flexibility index (Phi) is 6.13. The zero-order chi connectivity index (χ0) is 33.8. The van der Waals surface area contributed by atoms with Crippen LogP contribution in [0, 0.1) is 0 Å². The summed E-state index contributed by atoms with van der Waals surface area (Å²) < 4.78 is 6.11. The molecule has 50 heavy (non-hydrogen) atoms. The summed E-state index contributed by atoms with van der Waals surface area (Å²) in [5, 5.41) is 1.24. The number of anilines is 3. The number of furan rings is 1. The monoisotopic (exact) mass is 645 g/mol. The van der Waals surface area contributed by atoms with Gasteiger partial charge in [-0.05, 0) is 117 Å². The summed E-state index contributed by atoms with van der Waals surface area (Å²) in [5.74, 6) is 1.01. The molecular formula is C48H39NO. The number of benzene rings is 6. The fourth-order valence-corrected chi connectivity index (χ4v) is 8.99. The molecule has 2 nitrogen and oxygen atoms in total. The first-order chi connectivity index (χ1) is 24.3. The van der Waals surface area contributed by atoms with Crippen LogP contribution in [-0.2, 0) is 17.3 Å². The van der Waals surface area contributed by atoms with E-state index < -0.39 is 0 Å². The summed E-state index contributed by atoms with van der Waals surface area (Å²) in [4.78, 5) is 2.49. The van der Waals surface area contributed by atoms with Crippen molar-refractivity contribution in [3.63, 3.8) is 0 Å². The fraction of sp³-hybridized carbons (Fsp3) is 0.167. The Labute approximate surface area is 294 Å². The average Bonchev–Trinajstić information content (AvgIpc) is 3.63. The van der Waals surface area contributed by atoms with Crippen molar-refractivity contribution in [3.8, 4) is 33.4 Å². The first-order valence-corrected chi connectivity index (χ1v) is 17.9. The smallest absolute Gasteiger partial charge is 0.135 e. The zero-order valence-corrected chi connectivity index (χ0v) is 29.0. The summed E-state index contributed by atoms with van der Waals surface area (Å²) in [6.45, 7) is 9.50. The molecule has 2 aliphatic carbocycles. The number of allylic oxidation sites excluding steroid dienone is 1. The number of hydrogen-bond acceptors (Lipinski definition) is 2. The Hall–Kier alpha value is -5.60. The van der Waals surface area contributed by atoms with Crippen LogP contribution in [-0.4, -0.2) is 0 Å². The highest BCUT2D eigenvalue weighted by Gasteiger charge is 2.42. The molecule has 7 aromatic rings. The lowest BCUT2D eigenvalue weighted by molar-refractivity contribution is 0.595. The van der Waals surface area contributed by atoms with Crippen LogP contribution in [0.25, 0.3) is 50.4 Å². The molecule has 242 valence electrons. The van der Waals surface area contributed by atoms with Crippen LogP contribution in [0.4, 0.5) is 17.1 Å². The Bertz CT molecular complexity index is 2520. The van der Waals surface area contributed by atoms with Gasteiger partial charge < -0.3 is 9.32 Å². The summed E-state index contributed by atoms with van der Waals surface area (Å²) in [6.07, 6.45) is 6.43. The number of rotatable bonds is 3. The lowest BCUT2D eigenvalue weighted by atomic mass is 9.72. The molecule has 0 atom stereocenters.